The van der Waals surface area contributed by atoms with Crippen LogP contribution in [0.25, 0.3) is 10.8 Å². The lowest BCUT2D eigenvalue weighted by molar-refractivity contribution is -0.123. The molecule has 116 valence electrons. The summed E-state index contributed by atoms with van der Waals surface area (Å²) in [4.78, 5) is 12.7. The van der Waals surface area contributed by atoms with E-state index in [0.29, 0.717) is 5.75 Å². The molecule has 4 nitrogen and oxygen atoms in total. The highest BCUT2D eigenvalue weighted by molar-refractivity contribution is 9.11. The summed E-state index contributed by atoms with van der Waals surface area (Å²) in [7, 11) is 0. The number of nitrogens with zero attached hydrogens (tertiary/aromatic N) is 1. The number of hydrogen-bond acceptors (Lipinski definition) is 4. The number of carbonyl (C=O) groups is 1. The number of carbonyl (C=O) groups excluding carboxylic acids is 1. The van der Waals surface area contributed by atoms with Crippen molar-refractivity contribution in [1.29, 1.82) is 0 Å². The van der Waals surface area contributed by atoms with Gasteiger partial charge in [0.2, 0.25) is 0 Å². The van der Waals surface area contributed by atoms with Gasteiger partial charge in [-0.1, -0.05) is 30.3 Å². The number of benzene rings is 2. The second-order valence-corrected chi connectivity index (χ2v) is 7.23. The molecule has 0 radical (unpaired) electrons. The van der Waals surface area contributed by atoms with E-state index in [1.165, 1.54) is 11.3 Å². The first-order valence-electron chi connectivity index (χ1n) is 6.89. The Hall–Kier alpha value is -2.18. The van der Waals surface area contributed by atoms with E-state index < -0.39 is 0 Å². The average molecular weight is 389 g/mol. The molecule has 1 amide bonds. The zero-order valence-corrected chi connectivity index (χ0v) is 14.4. The molecular formula is C17H13BrN2O2S. The van der Waals surface area contributed by atoms with E-state index in [9.17, 15) is 4.79 Å². The Bertz CT molecular complexity index is 860. The van der Waals surface area contributed by atoms with Gasteiger partial charge in [0.15, 0.2) is 6.61 Å². The van der Waals surface area contributed by atoms with E-state index in [4.69, 9.17) is 4.74 Å². The van der Waals surface area contributed by atoms with Crippen LogP contribution < -0.4 is 10.2 Å². The molecule has 0 aliphatic rings. The van der Waals surface area contributed by atoms with Gasteiger partial charge in [-0.15, -0.1) is 11.3 Å². The van der Waals surface area contributed by atoms with Crippen molar-refractivity contribution >= 4 is 50.2 Å². The Morgan fingerprint density at radius 2 is 2.00 bits per heavy atom. The predicted molar refractivity (Wildman–Crippen MR) is 97.2 cm³/mol. The standard InChI is InChI=1S/C17H13BrN2O2S/c18-16-8-7-15(23-16)10-19-20-17(21)11-22-14-6-5-12-3-1-2-4-13(12)9-14/h1-10H,11H2,(H,20,21). The third-order valence-corrected chi connectivity index (χ3v) is 4.62. The lowest BCUT2D eigenvalue weighted by Gasteiger charge is -2.06. The normalized spacial score (nSPS) is 11.0. The molecule has 0 saturated carbocycles. The first-order chi connectivity index (χ1) is 11.2. The third kappa shape index (κ3) is 4.40. The lowest BCUT2D eigenvalue weighted by Crippen LogP contribution is -2.24. The highest BCUT2D eigenvalue weighted by atomic mass is 79.9. The largest absolute Gasteiger partial charge is 0.484 e. The monoisotopic (exact) mass is 388 g/mol. The number of hydrazone groups is 1. The van der Waals surface area contributed by atoms with Crippen LogP contribution in [0.1, 0.15) is 4.88 Å². The Morgan fingerprint density at radius 3 is 2.78 bits per heavy atom. The number of fused-ring (bicyclic) bond motifs is 1. The van der Waals surface area contributed by atoms with Crippen molar-refractivity contribution in [3.8, 4) is 5.75 Å². The second kappa shape index (κ2) is 7.39. The summed E-state index contributed by atoms with van der Waals surface area (Å²) in [6, 6.07) is 17.6. The van der Waals surface area contributed by atoms with E-state index in [1.807, 2.05) is 54.6 Å². The number of nitrogens with one attached hydrogen (secondary N) is 1. The van der Waals surface area contributed by atoms with Crippen LogP contribution in [0.3, 0.4) is 0 Å². The Morgan fingerprint density at radius 1 is 1.17 bits per heavy atom. The first-order valence-corrected chi connectivity index (χ1v) is 8.50. The summed E-state index contributed by atoms with van der Waals surface area (Å²) in [5.74, 6) is 0.357. The molecule has 3 rings (SSSR count). The van der Waals surface area contributed by atoms with Gasteiger partial charge in [0.25, 0.3) is 5.91 Å². The number of ether oxygens (including phenoxy) is 1. The third-order valence-electron chi connectivity index (χ3n) is 3.07. The quantitative estimate of drug-likeness (QED) is 0.526. The minimum atomic E-state index is -0.301. The van der Waals surface area contributed by atoms with Gasteiger partial charge in [-0.25, -0.2) is 5.43 Å². The molecule has 0 fully saturated rings. The molecule has 0 atom stereocenters. The summed E-state index contributed by atoms with van der Waals surface area (Å²) >= 11 is 4.91. The summed E-state index contributed by atoms with van der Waals surface area (Å²) in [6.45, 7) is -0.0795. The molecule has 2 aromatic carbocycles. The van der Waals surface area contributed by atoms with Crippen LogP contribution in [0.2, 0.25) is 0 Å². The van der Waals surface area contributed by atoms with Crippen LogP contribution >= 0.6 is 27.3 Å². The van der Waals surface area contributed by atoms with Gasteiger partial charge in [-0.3, -0.25) is 4.79 Å². The highest BCUT2D eigenvalue weighted by Crippen LogP contribution is 2.21. The predicted octanol–water partition coefficient (Wildman–Crippen LogP) is 4.19. The number of amides is 1. The van der Waals surface area contributed by atoms with E-state index in [0.717, 1.165) is 19.4 Å². The van der Waals surface area contributed by atoms with Crippen LogP contribution in [-0.4, -0.2) is 18.7 Å². The number of rotatable bonds is 5. The fourth-order valence-corrected chi connectivity index (χ4v) is 3.30. The highest BCUT2D eigenvalue weighted by Gasteiger charge is 2.02. The molecule has 0 bridgehead atoms. The van der Waals surface area contributed by atoms with Gasteiger partial charge in [-0.05, 0) is 51.0 Å². The first kappa shape index (κ1) is 15.7. The van der Waals surface area contributed by atoms with Gasteiger partial charge in [0, 0.05) is 4.88 Å². The van der Waals surface area contributed by atoms with Crippen LogP contribution in [-0.2, 0) is 4.79 Å². The van der Waals surface area contributed by atoms with Crippen molar-refractivity contribution in [1.82, 2.24) is 5.43 Å². The van der Waals surface area contributed by atoms with Crippen LogP contribution in [0, 0.1) is 0 Å². The molecule has 3 aromatic rings. The van der Waals surface area contributed by atoms with E-state index in [1.54, 1.807) is 6.21 Å². The minimum absolute atomic E-state index is 0.0795. The maximum Gasteiger partial charge on any atom is 0.277 e. The van der Waals surface area contributed by atoms with Gasteiger partial charge < -0.3 is 4.74 Å². The molecular weight excluding hydrogens is 376 g/mol. The molecule has 23 heavy (non-hydrogen) atoms. The van der Waals surface area contributed by atoms with Gasteiger partial charge in [0.05, 0.1) is 10.0 Å². The SMILES string of the molecule is O=C(COc1ccc2ccccc2c1)NN=Cc1ccc(Br)s1. The molecule has 1 aromatic heterocycles. The van der Waals surface area contributed by atoms with Crippen LogP contribution in [0.5, 0.6) is 5.75 Å². The van der Waals surface area contributed by atoms with Crippen LogP contribution in [0.4, 0.5) is 0 Å². The topological polar surface area (TPSA) is 50.7 Å². The van der Waals surface area contributed by atoms with Gasteiger partial charge >= 0.3 is 0 Å². The summed E-state index contributed by atoms with van der Waals surface area (Å²) in [5, 5.41) is 6.11. The molecule has 0 saturated heterocycles. The molecule has 6 heteroatoms. The smallest absolute Gasteiger partial charge is 0.277 e. The summed E-state index contributed by atoms with van der Waals surface area (Å²) < 4.78 is 6.51. The molecule has 1 N–H and O–H groups in total. The van der Waals surface area contributed by atoms with Crippen molar-refractivity contribution in [3.63, 3.8) is 0 Å². The summed E-state index contributed by atoms with van der Waals surface area (Å²) in [6.07, 6.45) is 1.60. The Kier molecular flexibility index (Phi) is 5.05. The zero-order chi connectivity index (χ0) is 16.1. The second-order valence-electron chi connectivity index (χ2n) is 4.73. The molecule has 0 spiro atoms. The van der Waals surface area contributed by atoms with Gasteiger partial charge in [-0.2, -0.15) is 5.10 Å². The average Bonchev–Trinajstić information content (AvgIpc) is 2.98. The van der Waals surface area contributed by atoms with Gasteiger partial charge in [0.1, 0.15) is 5.75 Å². The van der Waals surface area contributed by atoms with Crippen molar-refractivity contribution < 1.29 is 9.53 Å². The maximum atomic E-state index is 11.7. The summed E-state index contributed by atoms with van der Waals surface area (Å²) in [5.41, 5.74) is 2.44. The maximum absolute atomic E-state index is 11.7. The van der Waals surface area contributed by atoms with Crippen molar-refractivity contribution in [2.45, 2.75) is 0 Å². The lowest BCUT2D eigenvalue weighted by atomic mass is 10.1. The Balaban J connectivity index is 1.52. The van der Waals surface area contributed by atoms with Crippen molar-refractivity contribution in [2.24, 2.45) is 5.10 Å². The molecule has 0 aliphatic carbocycles. The van der Waals surface area contributed by atoms with E-state index in [-0.39, 0.29) is 12.5 Å². The Labute approximate surface area is 145 Å². The fraction of sp³-hybridized carbons (Fsp3) is 0.0588. The van der Waals surface area contributed by atoms with E-state index >= 15 is 0 Å². The minimum Gasteiger partial charge on any atom is -0.484 e. The molecule has 0 unspecified atom stereocenters. The number of halogens is 1. The number of hydrogen-bond donors (Lipinski definition) is 1. The van der Waals surface area contributed by atoms with Crippen molar-refractivity contribution in [3.05, 3.63) is 63.3 Å². The number of thiophene rings is 1. The fourth-order valence-electron chi connectivity index (χ4n) is 2.00. The zero-order valence-electron chi connectivity index (χ0n) is 12.0. The molecule has 0 aliphatic heterocycles. The van der Waals surface area contributed by atoms with Crippen molar-refractivity contribution in [2.75, 3.05) is 6.61 Å². The van der Waals surface area contributed by atoms with Crippen LogP contribution in [0.15, 0.2) is 63.5 Å². The molecule has 1 heterocycles. The van der Waals surface area contributed by atoms with E-state index in [2.05, 4.69) is 26.5 Å².